The summed E-state index contributed by atoms with van der Waals surface area (Å²) in [6.45, 7) is 0. The van der Waals surface area contributed by atoms with E-state index in [9.17, 15) is 31.9 Å². The molecule has 0 aliphatic carbocycles. The number of nitrogens with zero attached hydrogens (tertiary/aromatic N) is 1. The molecule has 168 valence electrons. The van der Waals surface area contributed by atoms with Gasteiger partial charge in [-0.05, 0) is 30.3 Å². The molecule has 0 atom stereocenters. The summed E-state index contributed by atoms with van der Waals surface area (Å²) in [5.74, 6) is -3.70. The standard InChI is InChI=1S/C18H13F4N5O4S/c19-10-3-1-7(5-9(10)18(20,21)22)24-17(31)27-15-13(14(23)28)25-12(26-15)6-8-2-4-11(32-8)16(29)30/h1-5H,6H2,(H2,23,28)(H,25,26)(H,29,30)(H2,24,27,31). The highest BCUT2D eigenvalue weighted by molar-refractivity contribution is 7.13. The van der Waals surface area contributed by atoms with Gasteiger partial charge < -0.3 is 21.1 Å². The lowest BCUT2D eigenvalue weighted by atomic mass is 10.2. The lowest BCUT2D eigenvalue weighted by Gasteiger charge is -2.11. The molecule has 3 amide bonds. The van der Waals surface area contributed by atoms with Crippen molar-refractivity contribution in [1.29, 1.82) is 0 Å². The zero-order valence-corrected chi connectivity index (χ0v) is 16.5. The molecular formula is C18H13F4N5O4S. The summed E-state index contributed by atoms with van der Waals surface area (Å²) in [4.78, 5) is 42.1. The van der Waals surface area contributed by atoms with Crippen molar-refractivity contribution in [2.24, 2.45) is 5.73 Å². The molecule has 1 aromatic carbocycles. The largest absolute Gasteiger partial charge is 0.477 e. The van der Waals surface area contributed by atoms with Gasteiger partial charge in [0, 0.05) is 17.0 Å². The number of hydrogen-bond acceptors (Lipinski definition) is 5. The topological polar surface area (TPSA) is 150 Å². The van der Waals surface area contributed by atoms with Gasteiger partial charge in [0.05, 0.1) is 5.56 Å². The van der Waals surface area contributed by atoms with Crippen LogP contribution in [0.25, 0.3) is 0 Å². The van der Waals surface area contributed by atoms with Crippen molar-refractivity contribution < 1.29 is 37.1 Å². The van der Waals surface area contributed by atoms with Gasteiger partial charge in [-0.2, -0.15) is 13.2 Å². The molecule has 9 nitrogen and oxygen atoms in total. The summed E-state index contributed by atoms with van der Waals surface area (Å²) >= 11 is 0.981. The molecule has 3 rings (SSSR count). The third-order valence-electron chi connectivity index (χ3n) is 3.97. The Balaban J connectivity index is 1.77. The number of nitrogens with one attached hydrogen (secondary N) is 3. The molecular weight excluding hydrogens is 458 g/mol. The van der Waals surface area contributed by atoms with Gasteiger partial charge in [0.1, 0.15) is 22.2 Å². The molecule has 0 aliphatic rings. The van der Waals surface area contributed by atoms with E-state index in [4.69, 9.17) is 10.8 Å². The first kappa shape index (κ1) is 22.7. The summed E-state index contributed by atoms with van der Waals surface area (Å²) < 4.78 is 51.8. The quantitative estimate of drug-likeness (QED) is 0.348. The summed E-state index contributed by atoms with van der Waals surface area (Å²) in [5.41, 5.74) is 3.06. The van der Waals surface area contributed by atoms with Crippen molar-refractivity contribution in [2.45, 2.75) is 12.6 Å². The first-order valence-corrected chi connectivity index (χ1v) is 9.41. The fourth-order valence-electron chi connectivity index (χ4n) is 2.62. The SMILES string of the molecule is NC(=O)c1[nH]c(Cc2ccc(C(=O)O)s2)nc1NC(=O)Nc1ccc(F)c(C(F)(F)F)c1. The summed E-state index contributed by atoms with van der Waals surface area (Å²) in [7, 11) is 0. The molecule has 14 heteroatoms. The lowest BCUT2D eigenvalue weighted by molar-refractivity contribution is -0.139. The number of hydrogen-bond donors (Lipinski definition) is 5. The second-order valence-corrected chi connectivity index (χ2v) is 7.46. The summed E-state index contributed by atoms with van der Waals surface area (Å²) in [6, 6.07) is 3.77. The molecule has 0 saturated carbocycles. The minimum atomic E-state index is -4.96. The number of aromatic nitrogens is 2. The molecule has 2 aromatic heterocycles. The predicted octanol–water partition coefficient (Wildman–Crippen LogP) is 3.66. The number of urea groups is 1. The molecule has 0 radical (unpaired) electrons. The maximum atomic E-state index is 13.4. The minimum Gasteiger partial charge on any atom is -0.477 e. The number of aromatic carboxylic acids is 1. The Kier molecular flexibility index (Phi) is 6.16. The Hall–Kier alpha value is -3.94. The Labute approximate surface area is 180 Å². The van der Waals surface area contributed by atoms with Gasteiger partial charge >= 0.3 is 18.2 Å². The monoisotopic (exact) mass is 471 g/mol. The average molecular weight is 471 g/mol. The number of rotatable bonds is 6. The Morgan fingerprint density at radius 1 is 1.16 bits per heavy atom. The van der Waals surface area contributed by atoms with E-state index in [1.165, 1.54) is 6.07 Å². The number of thiophene rings is 1. The zero-order valence-electron chi connectivity index (χ0n) is 15.7. The van der Waals surface area contributed by atoms with E-state index in [2.05, 4.69) is 20.6 Å². The number of carboxylic acid groups (broad SMARTS) is 1. The maximum absolute atomic E-state index is 13.4. The number of nitrogens with two attached hydrogens (primary N) is 1. The first-order valence-electron chi connectivity index (χ1n) is 8.59. The van der Waals surface area contributed by atoms with E-state index in [1.807, 2.05) is 0 Å². The third kappa shape index (κ3) is 5.21. The highest BCUT2D eigenvalue weighted by Crippen LogP contribution is 2.33. The van der Waals surface area contributed by atoms with Gasteiger partial charge in [0.2, 0.25) is 0 Å². The maximum Gasteiger partial charge on any atom is 0.419 e. The molecule has 0 fully saturated rings. The average Bonchev–Trinajstić information content (AvgIpc) is 3.30. The number of anilines is 2. The second kappa shape index (κ2) is 8.66. The van der Waals surface area contributed by atoms with Crippen LogP contribution in [-0.2, 0) is 12.6 Å². The number of halogens is 4. The van der Waals surface area contributed by atoms with Crippen LogP contribution < -0.4 is 16.4 Å². The highest BCUT2D eigenvalue weighted by Gasteiger charge is 2.34. The van der Waals surface area contributed by atoms with Crippen LogP contribution in [0.15, 0.2) is 30.3 Å². The van der Waals surface area contributed by atoms with Crippen LogP contribution >= 0.6 is 11.3 Å². The fourth-order valence-corrected chi connectivity index (χ4v) is 3.47. The zero-order chi connectivity index (χ0) is 23.6. The van der Waals surface area contributed by atoms with Crippen molar-refractivity contribution in [2.75, 3.05) is 10.6 Å². The molecule has 0 aliphatic heterocycles. The van der Waals surface area contributed by atoms with E-state index in [0.29, 0.717) is 17.0 Å². The van der Waals surface area contributed by atoms with E-state index in [0.717, 1.165) is 17.4 Å². The molecule has 2 heterocycles. The van der Waals surface area contributed by atoms with Gasteiger partial charge in [0.25, 0.3) is 5.91 Å². The van der Waals surface area contributed by atoms with Crippen molar-refractivity contribution in [3.05, 3.63) is 63.0 Å². The number of carbonyl (C=O) groups excluding carboxylic acids is 2. The summed E-state index contributed by atoms with van der Waals surface area (Å²) in [6.07, 6.45) is -4.87. The van der Waals surface area contributed by atoms with E-state index in [1.54, 1.807) is 6.07 Å². The van der Waals surface area contributed by atoms with Crippen molar-refractivity contribution in [3.63, 3.8) is 0 Å². The molecule has 0 unspecified atom stereocenters. The van der Waals surface area contributed by atoms with Crippen LogP contribution in [-0.4, -0.2) is 33.0 Å². The highest BCUT2D eigenvalue weighted by atomic mass is 32.1. The number of imidazole rings is 1. The third-order valence-corrected chi connectivity index (χ3v) is 5.05. The van der Waals surface area contributed by atoms with Crippen LogP contribution in [0.3, 0.4) is 0 Å². The van der Waals surface area contributed by atoms with Gasteiger partial charge in [-0.1, -0.05) is 0 Å². The molecule has 0 spiro atoms. The summed E-state index contributed by atoms with van der Waals surface area (Å²) in [5, 5.41) is 13.2. The lowest BCUT2D eigenvalue weighted by Crippen LogP contribution is -2.23. The molecule has 32 heavy (non-hydrogen) atoms. The molecule has 0 bridgehead atoms. The second-order valence-electron chi connectivity index (χ2n) is 6.29. The van der Waals surface area contributed by atoms with Crippen molar-refractivity contribution >= 4 is 40.7 Å². The van der Waals surface area contributed by atoms with Crippen LogP contribution in [0.2, 0.25) is 0 Å². The van der Waals surface area contributed by atoms with Crippen LogP contribution in [0.5, 0.6) is 0 Å². The van der Waals surface area contributed by atoms with Crippen molar-refractivity contribution in [1.82, 2.24) is 9.97 Å². The normalized spacial score (nSPS) is 11.2. The number of benzene rings is 1. The predicted molar refractivity (Wildman–Crippen MR) is 105 cm³/mol. The number of primary amides is 1. The number of carbonyl (C=O) groups is 3. The first-order chi connectivity index (χ1) is 14.9. The minimum absolute atomic E-state index is 0.0917. The van der Waals surface area contributed by atoms with Gasteiger partial charge in [-0.3, -0.25) is 10.1 Å². The van der Waals surface area contributed by atoms with Gasteiger partial charge in [0.15, 0.2) is 5.82 Å². The number of alkyl halides is 3. The van der Waals surface area contributed by atoms with Gasteiger partial charge in [-0.25, -0.2) is 19.0 Å². The number of carboxylic acids is 1. The van der Waals surface area contributed by atoms with Crippen molar-refractivity contribution in [3.8, 4) is 0 Å². The molecule has 6 N–H and O–H groups in total. The van der Waals surface area contributed by atoms with Crippen LogP contribution in [0.4, 0.5) is 33.9 Å². The molecule has 3 aromatic rings. The van der Waals surface area contributed by atoms with E-state index in [-0.39, 0.29) is 34.3 Å². The van der Waals surface area contributed by atoms with E-state index < -0.39 is 35.5 Å². The molecule has 0 saturated heterocycles. The Bertz CT molecular complexity index is 1200. The smallest absolute Gasteiger partial charge is 0.419 e. The van der Waals surface area contributed by atoms with E-state index >= 15 is 0 Å². The van der Waals surface area contributed by atoms with Crippen LogP contribution in [0, 0.1) is 5.82 Å². The van der Waals surface area contributed by atoms with Crippen LogP contribution in [0.1, 0.15) is 36.4 Å². The Morgan fingerprint density at radius 2 is 1.88 bits per heavy atom. The number of aromatic amines is 1. The fraction of sp³-hybridized carbons (Fsp3) is 0.111. The number of amides is 3. The van der Waals surface area contributed by atoms with Gasteiger partial charge in [-0.15, -0.1) is 11.3 Å². The number of H-pyrrole nitrogens is 1. The Morgan fingerprint density at radius 3 is 2.47 bits per heavy atom.